The Kier molecular flexibility index (Phi) is 4.38. The third-order valence-corrected chi connectivity index (χ3v) is 3.08. The van der Waals surface area contributed by atoms with E-state index < -0.39 is 0 Å². The molecule has 0 unspecified atom stereocenters. The van der Waals surface area contributed by atoms with Crippen LogP contribution in [0, 0.1) is 6.92 Å². The Bertz CT molecular complexity index is 661. The molecule has 21 heavy (non-hydrogen) atoms. The van der Waals surface area contributed by atoms with E-state index in [1.165, 1.54) is 4.90 Å². The van der Waals surface area contributed by atoms with Gasteiger partial charge in [-0.15, -0.1) is 0 Å². The maximum Gasteiger partial charge on any atom is 0.255 e. The van der Waals surface area contributed by atoms with Crippen molar-refractivity contribution in [3.05, 3.63) is 65.2 Å². The number of anilines is 1. The van der Waals surface area contributed by atoms with Crippen LogP contribution in [0.25, 0.3) is 0 Å². The molecule has 0 aliphatic rings. The predicted octanol–water partition coefficient (Wildman–Crippen LogP) is 2.95. The monoisotopic (exact) mass is 282 g/mol. The summed E-state index contributed by atoms with van der Waals surface area (Å²) in [5.41, 5.74) is 2.91. The van der Waals surface area contributed by atoms with E-state index in [2.05, 4.69) is 5.32 Å². The van der Waals surface area contributed by atoms with Crippen molar-refractivity contribution in [3.8, 4) is 0 Å². The molecule has 0 radical (unpaired) electrons. The standard InChI is InChI=1S/C17H18N2O2/c1-12-5-4-6-14(11-12)16(20)18-15-9-7-13(8-10-15)17(21)19(2)3/h4-11H,1-3H3,(H,18,20). The van der Waals surface area contributed by atoms with Crippen molar-refractivity contribution in [1.82, 2.24) is 4.90 Å². The van der Waals surface area contributed by atoms with E-state index in [0.717, 1.165) is 5.56 Å². The number of nitrogens with zero attached hydrogens (tertiary/aromatic N) is 1. The van der Waals surface area contributed by atoms with Crippen LogP contribution in [-0.4, -0.2) is 30.8 Å². The normalized spacial score (nSPS) is 10.0. The summed E-state index contributed by atoms with van der Waals surface area (Å²) in [5.74, 6) is -0.225. The van der Waals surface area contributed by atoms with Gasteiger partial charge < -0.3 is 10.2 Å². The highest BCUT2D eigenvalue weighted by atomic mass is 16.2. The lowest BCUT2D eigenvalue weighted by Crippen LogP contribution is -2.21. The summed E-state index contributed by atoms with van der Waals surface area (Å²) in [6, 6.07) is 14.3. The first-order chi connectivity index (χ1) is 9.97. The minimum Gasteiger partial charge on any atom is -0.345 e. The smallest absolute Gasteiger partial charge is 0.255 e. The zero-order valence-electron chi connectivity index (χ0n) is 12.4. The van der Waals surface area contributed by atoms with Crippen LogP contribution in [-0.2, 0) is 0 Å². The summed E-state index contributed by atoms with van der Waals surface area (Å²) in [5, 5.41) is 2.82. The first-order valence-electron chi connectivity index (χ1n) is 6.67. The summed E-state index contributed by atoms with van der Waals surface area (Å²) < 4.78 is 0. The predicted molar refractivity (Wildman–Crippen MR) is 83.6 cm³/mol. The van der Waals surface area contributed by atoms with Crippen LogP contribution in [0.3, 0.4) is 0 Å². The van der Waals surface area contributed by atoms with Crippen molar-refractivity contribution in [3.63, 3.8) is 0 Å². The van der Waals surface area contributed by atoms with E-state index >= 15 is 0 Å². The van der Waals surface area contributed by atoms with Gasteiger partial charge in [0.2, 0.25) is 0 Å². The summed E-state index contributed by atoms with van der Waals surface area (Å²) in [6.45, 7) is 1.94. The second kappa shape index (κ2) is 6.22. The number of rotatable bonds is 3. The van der Waals surface area contributed by atoms with Crippen molar-refractivity contribution >= 4 is 17.5 Å². The zero-order chi connectivity index (χ0) is 15.4. The van der Waals surface area contributed by atoms with E-state index in [9.17, 15) is 9.59 Å². The maximum atomic E-state index is 12.1. The Balaban J connectivity index is 2.10. The Labute approximate surface area is 124 Å². The van der Waals surface area contributed by atoms with E-state index in [0.29, 0.717) is 16.8 Å². The summed E-state index contributed by atoms with van der Waals surface area (Å²) in [4.78, 5) is 25.4. The van der Waals surface area contributed by atoms with Crippen molar-refractivity contribution in [2.75, 3.05) is 19.4 Å². The second-order valence-electron chi connectivity index (χ2n) is 5.10. The molecule has 0 bridgehead atoms. The van der Waals surface area contributed by atoms with Gasteiger partial charge in [0.25, 0.3) is 11.8 Å². The van der Waals surface area contributed by atoms with Gasteiger partial charge in [0.15, 0.2) is 0 Å². The molecule has 1 N–H and O–H groups in total. The van der Waals surface area contributed by atoms with Gasteiger partial charge in [0.1, 0.15) is 0 Å². The molecule has 0 aliphatic carbocycles. The fraction of sp³-hybridized carbons (Fsp3) is 0.176. The summed E-state index contributed by atoms with van der Waals surface area (Å²) >= 11 is 0. The van der Waals surface area contributed by atoms with Crippen molar-refractivity contribution in [1.29, 1.82) is 0 Å². The van der Waals surface area contributed by atoms with Gasteiger partial charge in [-0.2, -0.15) is 0 Å². The van der Waals surface area contributed by atoms with Gasteiger partial charge in [-0.3, -0.25) is 9.59 Å². The highest BCUT2D eigenvalue weighted by molar-refractivity contribution is 6.04. The first-order valence-corrected chi connectivity index (χ1v) is 6.67. The number of nitrogens with one attached hydrogen (secondary N) is 1. The van der Waals surface area contributed by atoms with Gasteiger partial charge in [0, 0.05) is 30.9 Å². The van der Waals surface area contributed by atoms with Crippen LogP contribution in [0.5, 0.6) is 0 Å². The van der Waals surface area contributed by atoms with E-state index in [-0.39, 0.29) is 11.8 Å². The number of carbonyl (C=O) groups excluding carboxylic acids is 2. The van der Waals surface area contributed by atoms with Crippen molar-refractivity contribution < 1.29 is 9.59 Å². The Morgan fingerprint density at radius 2 is 1.62 bits per heavy atom. The van der Waals surface area contributed by atoms with Crippen LogP contribution in [0.2, 0.25) is 0 Å². The molecule has 0 aromatic heterocycles. The lowest BCUT2D eigenvalue weighted by atomic mass is 10.1. The van der Waals surface area contributed by atoms with Crippen LogP contribution < -0.4 is 5.32 Å². The minimum absolute atomic E-state index is 0.0634. The van der Waals surface area contributed by atoms with Gasteiger partial charge in [-0.1, -0.05) is 17.7 Å². The van der Waals surface area contributed by atoms with Crippen molar-refractivity contribution in [2.45, 2.75) is 6.92 Å². The molecule has 0 fully saturated rings. The molecule has 2 rings (SSSR count). The molecule has 0 heterocycles. The van der Waals surface area contributed by atoms with Gasteiger partial charge >= 0.3 is 0 Å². The lowest BCUT2D eigenvalue weighted by molar-refractivity contribution is 0.0827. The zero-order valence-corrected chi connectivity index (χ0v) is 12.4. The molecule has 2 aromatic rings. The third kappa shape index (κ3) is 3.69. The SMILES string of the molecule is Cc1cccc(C(=O)Nc2ccc(C(=O)N(C)C)cc2)c1. The molecule has 2 aromatic carbocycles. The maximum absolute atomic E-state index is 12.1. The fourth-order valence-electron chi connectivity index (χ4n) is 1.94. The molecule has 108 valence electrons. The fourth-order valence-corrected chi connectivity index (χ4v) is 1.94. The van der Waals surface area contributed by atoms with E-state index in [4.69, 9.17) is 0 Å². The average molecular weight is 282 g/mol. The molecule has 0 saturated carbocycles. The molecule has 0 atom stereocenters. The quantitative estimate of drug-likeness (QED) is 0.941. The van der Waals surface area contributed by atoms with E-state index in [1.807, 2.05) is 25.1 Å². The van der Waals surface area contributed by atoms with Crippen LogP contribution in [0.1, 0.15) is 26.3 Å². The molecule has 4 nitrogen and oxygen atoms in total. The van der Waals surface area contributed by atoms with Crippen LogP contribution in [0.4, 0.5) is 5.69 Å². The molecule has 2 amide bonds. The second-order valence-corrected chi connectivity index (χ2v) is 5.10. The molecular formula is C17H18N2O2. The topological polar surface area (TPSA) is 49.4 Å². The van der Waals surface area contributed by atoms with Gasteiger partial charge in [-0.25, -0.2) is 0 Å². The summed E-state index contributed by atoms with van der Waals surface area (Å²) in [6.07, 6.45) is 0. The first kappa shape index (κ1) is 14.8. The highest BCUT2D eigenvalue weighted by Gasteiger charge is 2.09. The van der Waals surface area contributed by atoms with Gasteiger partial charge in [0.05, 0.1) is 0 Å². The number of hydrogen-bond acceptors (Lipinski definition) is 2. The number of benzene rings is 2. The number of carbonyl (C=O) groups is 2. The lowest BCUT2D eigenvalue weighted by Gasteiger charge is -2.11. The molecule has 0 saturated heterocycles. The Morgan fingerprint density at radius 3 is 2.19 bits per heavy atom. The average Bonchev–Trinajstić information content (AvgIpc) is 2.47. The van der Waals surface area contributed by atoms with E-state index in [1.54, 1.807) is 44.4 Å². The number of amides is 2. The molecular weight excluding hydrogens is 264 g/mol. The number of aryl methyl sites for hydroxylation is 1. The molecule has 0 aliphatic heterocycles. The Morgan fingerprint density at radius 1 is 0.952 bits per heavy atom. The van der Waals surface area contributed by atoms with Crippen LogP contribution >= 0.6 is 0 Å². The van der Waals surface area contributed by atoms with Crippen LogP contribution in [0.15, 0.2) is 48.5 Å². The Hall–Kier alpha value is -2.62. The molecule has 4 heteroatoms. The number of hydrogen-bond donors (Lipinski definition) is 1. The molecule has 0 spiro atoms. The van der Waals surface area contributed by atoms with Crippen molar-refractivity contribution in [2.24, 2.45) is 0 Å². The highest BCUT2D eigenvalue weighted by Crippen LogP contribution is 2.13. The summed E-state index contributed by atoms with van der Waals surface area (Å²) in [7, 11) is 3.41. The third-order valence-electron chi connectivity index (χ3n) is 3.08. The van der Waals surface area contributed by atoms with Gasteiger partial charge in [-0.05, 0) is 43.3 Å². The minimum atomic E-state index is -0.162. The largest absolute Gasteiger partial charge is 0.345 e.